The normalized spacial score (nSPS) is 13.9. The number of aromatic nitrogens is 2. The SMILES string of the molecule is CCc1c(NN)ncnc1NCC(C)(O)CCOC. The fourth-order valence-corrected chi connectivity index (χ4v) is 1.71. The molecule has 0 fully saturated rings. The Morgan fingerprint density at radius 1 is 1.42 bits per heavy atom. The number of aliphatic hydroxyl groups is 1. The molecule has 0 aromatic carbocycles. The van der Waals surface area contributed by atoms with Gasteiger partial charge in [0.1, 0.15) is 18.0 Å². The van der Waals surface area contributed by atoms with Crippen molar-refractivity contribution < 1.29 is 9.84 Å². The van der Waals surface area contributed by atoms with Crippen molar-refractivity contribution in [2.45, 2.75) is 32.3 Å². The molecule has 1 atom stereocenters. The molecule has 0 aliphatic heterocycles. The average molecular weight is 269 g/mol. The Hall–Kier alpha value is -1.44. The second-order valence-corrected chi connectivity index (χ2v) is 4.64. The zero-order valence-corrected chi connectivity index (χ0v) is 11.7. The summed E-state index contributed by atoms with van der Waals surface area (Å²) in [7, 11) is 1.61. The number of nitrogens with zero attached hydrogens (tertiary/aromatic N) is 2. The van der Waals surface area contributed by atoms with Crippen LogP contribution in [0.25, 0.3) is 0 Å². The fourth-order valence-electron chi connectivity index (χ4n) is 1.71. The van der Waals surface area contributed by atoms with Gasteiger partial charge in [-0.3, -0.25) is 0 Å². The first kappa shape index (κ1) is 15.6. The number of hydrogen-bond donors (Lipinski definition) is 4. The van der Waals surface area contributed by atoms with E-state index in [0.717, 1.165) is 12.0 Å². The molecule has 7 heteroatoms. The Bertz CT molecular complexity index is 398. The predicted octanol–water partition coefficient (Wildman–Crippen LogP) is 0.524. The van der Waals surface area contributed by atoms with Crippen LogP contribution in [0.1, 0.15) is 25.8 Å². The molecule has 0 aliphatic rings. The van der Waals surface area contributed by atoms with Crippen LogP contribution in [-0.4, -0.2) is 40.9 Å². The average Bonchev–Trinajstić information content (AvgIpc) is 2.42. The third-order valence-corrected chi connectivity index (χ3v) is 2.92. The van der Waals surface area contributed by atoms with E-state index in [2.05, 4.69) is 20.7 Å². The summed E-state index contributed by atoms with van der Waals surface area (Å²) in [4.78, 5) is 8.23. The highest BCUT2D eigenvalue weighted by molar-refractivity contribution is 5.56. The number of hydrazine groups is 1. The van der Waals surface area contributed by atoms with E-state index in [-0.39, 0.29) is 0 Å². The van der Waals surface area contributed by atoms with Gasteiger partial charge in [-0.2, -0.15) is 0 Å². The van der Waals surface area contributed by atoms with Crippen LogP contribution in [0.5, 0.6) is 0 Å². The van der Waals surface area contributed by atoms with Crippen LogP contribution in [0.15, 0.2) is 6.33 Å². The van der Waals surface area contributed by atoms with Crippen molar-refractivity contribution >= 4 is 11.6 Å². The maximum absolute atomic E-state index is 10.2. The van der Waals surface area contributed by atoms with Gasteiger partial charge in [-0.1, -0.05) is 6.92 Å². The van der Waals surface area contributed by atoms with Gasteiger partial charge in [0, 0.05) is 32.2 Å². The zero-order valence-electron chi connectivity index (χ0n) is 11.7. The molecular formula is C12H23N5O2. The van der Waals surface area contributed by atoms with Gasteiger partial charge in [-0.05, 0) is 13.3 Å². The molecule has 7 nitrogen and oxygen atoms in total. The summed E-state index contributed by atoms with van der Waals surface area (Å²) in [6.45, 7) is 4.64. The van der Waals surface area contributed by atoms with Crippen LogP contribution in [-0.2, 0) is 11.2 Å². The monoisotopic (exact) mass is 269 g/mol. The molecule has 108 valence electrons. The summed E-state index contributed by atoms with van der Waals surface area (Å²) < 4.78 is 4.97. The topological polar surface area (TPSA) is 105 Å². The van der Waals surface area contributed by atoms with Crippen molar-refractivity contribution in [3.05, 3.63) is 11.9 Å². The zero-order chi connectivity index (χ0) is 14.3. The van der Waals surface area contributed by atoms with Gasteiger partial charge in [0.2, 0.25) is 0 Å². The Labute approximate surface area is 113 Å². The van der Waals surface area contributed by atoms with Crippen LogP contribution in [0, 0.1) is 0 Å². The van der Waals surface area contributed by atoms with Gasteiger partial charge in [0.05, 0.1) is 5.60 Å². The standard InChI is InChI=1S/C12H23N5O2/c1-4-9-10(15-8-16-11(9)17-13)14-7-12(2,18)5-6-19-3/h8,18H,4-7,13H2,1-3H3,(H2,14,15,16,17). The molecule has 0 saturated carbocycles. The molecule has 0 aliphatic carbocycles. The maximum Gasteiger partial charge on any atom is 0.148 e. The predicted molar refractivity (Wildman–Crippen MR) is 74.8 cm³/mol. The maximum atomic E-state index is 10.2. The van der Waals surface area contributed by atoms with E-state index in [4.69, 9.17) is 10.6 Å². The number of rotatable bonds is 8. The highest BCUT2D eigenvalue weighted by Gasteiger charge is 2.20. The highest BCUT2D eigenvalue weighted by Crippen LogP contribution is 2.20. The Morgan fingerprint density at radius 2 is 2.11 bits per heavy atom. The molecule has 0 saturated heterocycles. The van der Waals surface area contributed by atoms with E-state index in [1.54, 1.807) is 14.0 Å². The largest absolute Gasteiger partial charge is 0.388 e. The minimum atomic E-state index is -0.859. The third-order valence-electron chi connectivity index (χ3n) is 2.92. The van der Waals surface area contributed by atoms with Crippen LogP contribution in [0.2, 0.25) is 0 Å². The van der Waals surface area contributed by atoms with Crippen LogP contribution in [0.4, 0.5) is 11.6 Å². The molecule has 19 heavy (non-hydrogen) atoms. The summed E-state index contributed by atoms with van der Waals surface area (Å²) in [5.74, 6) is 6.69. The Balaban J connectivity index is 2.72. The van der Waals surface area contributed by atoms with E-state index in [1.807, 2.05) is 6.92 Å². The van der Waals surface area contributed by atoms with E-state index in [0.29, 0.717) is 31.2 Å². The number of hydrogen-bond acceptors (Lipinski definition) is 7. The summed E-state index contributed by atoms with van der Waals surface area (Å²) >= 11 is 0. The summed E-state index contributed by atoms with van der Waals surface area (Å²) in [6, 6.07) is 0. The summed E-state index contributed by atoms with van der Waals surface area (Å²) in [6.07, 6.45) is 2.72. The second kappa shape index (κ2) is 7.22. The lowest BCUT2D eigenvalue weighted by molar-refractivity contribution is 0.0357. The minimum absolute atomic E-state index is 0.379. The molecule has 1 aromatic rings. The number of nitrogens with two attached hydrogens (primary N) is 1. The van der Waals surface area contributed by atoms with E-state index in [1.165, 1.54) is 6.33 Å². The van der Waals surface area contributed by atoms with Crippen molar-refractivity contribution in [3.63, 3.8) is 0 Å². The molecule has 1 rings (SSSR count). The first-order chi connectivity index (χ1) is 9.04. The quantitative estimate of drug-likeness (QED) is 0.403. The fraction of sp³-hybridized carbons (Fsp3) is 0.667. The van der Waals surface area contributed by atoms with Crippen LogP contribution in [0.3, 0.4) is 0 Å². The number of anilines is 2. The lowest BCUT2D eigenvalue weighted by Crippen LogP contribution is -2.35. The molecule has 0 radical (unpaired) electrons. The van der Waals surface area contributed by atoms with E-state index < -0.39 is 5.60 Å². The van der Waals surface area contributed by atoms with E-state index in [9.17, 15) is 5.11 Å². The third kappa shape index (κ3) is 4.62. The molecule has 0 amide bonds. The number of methoxy groups -OCH3 is 1. The van der Waals surface area contributed by atoms with Gasteiger partial charge in [-0.25, -0.2) is 15.8 Å². The number of nitrogens with one attached hydrogen (secondary N) is 2. The highest BCUT2D eigenvalue weighted by atomic mass is 16.5. The molecule has 0 bridgehead atoms. The number of nitrogen functional groups attached to an aromatic ring is 1. The molecular weight excluding hydrogens is 246 g/mol. The van der Waals surface area contributed by atoms with Crippen LogP contribution >= 0.6 is 0 Å². The first-order valence-corrected chi connectivity index (χ1v) is 6.29. The second-order valence-electron chi connectivity index (χ2n) is 4.64. The van der Waals surface area contributed by atoms with Crippen molar-refractivity contribution in [3.8, 4) is 0 Å². The van der Waals surface area contributed by atoms with Gasteiger partial charge in [0.15, 0.2) is 0 Å². The van der Waals surface area contributed by atoms with Crippen molar-refractivity contribution in [2.75, 3.05) is 31.0 Å². The number of ether oxygens (including phenoxy) is 1. The van der Waals surface area contributed by atoms with Crippen molar-refractivity contribution in [1.82, 2.24) is 9.97 Å². The summed E-state index contributed by atoms with van der Waals surface area (Å²) in [5.41, 5.74) is 2.58. The Kier molecular flexibility index (Phi) is 5.94. The molecule has 5 N–H and O–H groups in total. The van der Waals surface area contributed by atoms with Gasteiger partial charge < -0.3 is 20.6 Å². The lowest BCUT2D eigenvalue weighted by Gasteiger charge is -2.24. The smallest absolute Gasteiger partial charge is 0.148 e. The molecule has 0 spiro atoms. The van der Waals surface area contributed by atoms with Crippen LogP contribution < -0.4 is 16.6 Å². The summed E-state index contributed by atoms with van der Waals surface area (Å²) in [5, 5.41) is 13.3. The van der Waals surface area contributed by atoms with Crippen molar-refractivity contribution in [1.29, 1.82) is 0 Å². The van der Waals surface area contributed by atoms with Gasteiger partial charge >= 0.3 is 0 Å². The van der Waals surface area contributed by atoms with E-state index >= 15 is 0 Å². The van der Waals surface area contributed by atoms with Gasteiger partial charge in [-0.15, -0.1) is 0 Å². The van der Waals surface area contributed by atoms with Crippen molar-refractivity contribution in [2.24, 2.45) is 5.84 Å². The molecule has 1 unspecified atom stereocenters. The lowest BCUT2D eigenvalue weighted by atomic mass is 10.0. The minimum Gasteiger partial charge on any atom is -0.388 e. The Morgan fingerprint density at radius 3 is 2.68 bits per heavy atom. The molecule has 1 aromatic heterocycles. The van der Waals surface area contributed by atoms with Gasteiger partial charge in [0.25, 0.3) is 0 Å². The first-order valence-electron chi connectivity index (χ1n) is 6.29. The molecule has 1 heterocycles.